The van der Waals surface area contributed by atoms with Gasteiger partial charge in [-0.05, 0) is 104 Å². The summed E-state index contributed by atoms with van der Waals surface area (Å²) >= 11 is 6.71. The summed E-state index contributed by atoms with van der Waals surface area (Å²) in [6.07, 6.45) is 4.93. The molecule has 3 aromatic carbocycles. The highest BCUT2D eigenvalue weighted by Gasteiger charge is 2.23. The van der Waals surface area contributed by atoms with Gasteiger partial charge in [0.15, 0.2) is 17.1 Å². The summed E-state index contributed by atoms with van der Waals surface area (Å²) < 4.78 is 8.06. The Bertz CT molecular complexity index is 2230. The molecule has 6 aromatic rings. The summed E-state index contributed by atoms with van der Waals surface area (Å²) in [5.74, 6) is 1.11. The van der Waals surface area contributed by atoms with Crippen LogP contribution in [0.1, 0.15) is 47.1 Å². The maximum absolute atomic E-state index is 9.96. The molecule has 48 heavy (non-hydrogen) atoms. The minimum absolute atomic E-state index is 0.272. The van der Waals surface area contributed by atoms with Gasteiger partial charge in [0.1, 0.15) is 11.6 Å². The van der Waals surface area contributed by atoms with Gasteiger partial charge in [0.05, 0.1) is 16.7 Å². The van der Waals surface area contributed by atoms with Crippen LogP contribution in [0.4, 0.5) is 0 Å². The minimum atomic E-state index is -0.272. The van der Waals surface area contributed by atoms with Crippen LogP contribution < -0.4 is 0 Å². The Morgan fingerprint density at radius 3 is 2.33 bits per heavy atom. The molecule has 0 bridgehead atoms. The average molecular weight is 658 g/mol. The summed E-state index contributed by atoms with van der Waals surface area (Å²) in [5.41, 5.74) is 10.5. The van der Waals surface area contributed by atoms with Gasteiger partial charge >= 0.3 is 0 Å². The van der Waals surface area contributed by atoms with Crippen molar-refractivity contribution in [2.45, 2.75) is 52.3 Å². The molecule has 9 nitrogen and oxygen atoms in total. The van der Waals surface area contributed by atoms with Crippen molar-refractivity contribution in [2.75, 3.05) is 26.2 Å². The molecular weight excluding hydrogens is 622 g/mol. The van der Waals surface area contributed by atoms with E-state index in [1.54, 1.807) is 4.52 Å². The number of benzene rings is 3. The van der Waals surface area contributed by atoms with Gasteiger partial charge in [-0.15, -0.1) is 5.10 Å². The number of hydrogen-bond acceptors (Lipinski definition) is 8. The third-order valence-corrected chi connectivity index (χ3v) is 10.1. The number of rotatable bonds is 7. The molecule has 0 aliphatic carbocycles. The number of pyridine rings is 1. The van der Waals surface area contributed by atoms with E-state index in [9.17, 15) is 10.4 Å². The average Bonchev–Trinajstić information content (AvgIpc) is 3.89. The van der Waals surface area contributed by atoms with Crippen LogP contribution in [0.25, 0.3) is 50.7 Å². The van der Waals surface area contributed by atoms with Crippen molar-refractivity contribution < 1.29 is 9.52 Å². The van der Waals surface area contributed by atoms with Crippen molar-refractivity contribution in [3.05, 3.63) is 93.6 Å². The molecule has 242 valence electrons. The zero-order valence-electron chi connectivity index (χ0n) is 27.1. The van der Waals surface area contributed by atoms with Gasteiger partial charge in [-0.2, -0.15) is 5.26 Å². The lowest BCUT2D eigenvalue weighted by molar-refractivity contribution is 0.174. The second kappa shape index (κ2) is 12.5. The number of fused-ring (bicyclic) bond motifs is 2. The molecule has 10 heteroatoms. The first-order valence-corrected chi connectivity index (χ1v) is 16.9. The third kappa shape index (κ3) is 5.65. The first kappa shape index (κ1) is 30.7. The molecular formula is C38H36ClN7O2. The molecule has 2 saturated heterocycles. The van der Waals surface area contributed by atoms with Crippen molar-refractivity contribution in [3.8, 4) is 40.0 Å². The zero-order valence-corrected chi connectivity index (χ0v) is 27.8. The molecule has 2 aliphatic heterocycles. The summed E-state index contributed by atoms with van der Waals surface area (Å²) in [6.45, 7) is 9.39. The smallest absolute Gasteiger partial charge is 0.227 e. The number of aliphatic hydroxyl groups excluding tert-OH is 1. The van der Waals surface area contributed by atoms with Gasteiger partial charge in [0.25, 0.3) is 0 Å². The lowest BCUT2D eigenvalue weighted by atomic mass is 9.91. The molecule has 0 amide bonds. The number of hydrogen-bond donors (Lipinski definition) is 1. The molecule has 0 spiro atoms. The molecule has 3 aromatic heterocycles. The molecule has 1 N–H and O–H groups in total. The van der Waals surface area contributed by atoms with Crippen molar-refractivity contribution in [1.82, 2.24) is 29.4 Å². The first-order chi connectivity index (χ1) is 23.3. The van der Waals surface area contributed by atoms with E-state index in [0.717, 1.165) is 77.1 Å². The van der Waals surface area contributed by atoms with Crippen LogP contribution >= 0.6 is 11.6 Å². The van der Waals surface area contributed by atoms with Crippen LogP contribution in [0.3, 0.4) is 0 Å². The number of halogens is 1. The standard InChI is InChI=1S/C38H36ClN7O2/c1-23-29(7-5-9-31(23)36-42-37-33(39)16-26(21-46(37)43-36)20-45-14-11-28(47)22-45)30-8-6-10-32(24(30)2)38-41-34-17-25(19-44-12-3-4-13-44)15-27(18-40)35(34)48-38/h5-10,15-17,21,28,47H,3-4,11-14,19-20,22H2,1-2H3. The van der Waals surface area contributed by atoms with Gasteiger partial charge in [0.2, 0.25) is 5.89 Å². The van der Waals surface area contributed by atoms with Gasteiger partial charge in [0, 0.05) is 43.5 Å². The fourth-order valence-corrected chi connectivity index (χ4v) is 7.59. The van der Waals surface area contributed by atoms with Gasteiger partial charge in [-0.1, -0.05) is 41.9 Å². The normalized spacial score (nSPS) is 17.2. The highest BCUT2D eigenvalue weighted by atomic mass is 35.5. The second-order valence-electron chi connectivity index (χ2n) is 13.1. The second-order valence-corrected chi connectivity index (χ2v) is 13.5. The number of nitriles is 1. The van der Waals surface area contributed by atoms with Crippen molar-refractivity contribution in [2.24, 2.45) is 0 Å². The van der Waals surface area contributed by atoms with Crippen LogP contribution in [-0.4, -0.2) is 66.8 Å². The lowest BCUT2D eigenvalue weighted by Gasteiger charge is -2.15. The van der Waals surface area contributed by atoms with Crippen molar-refractivity contribution in [1.29, 1.82) is 5.26 Å². The molecule has 2 fully saturated rings. The van der Waals surface area contributed by atoms with Crippen molar-refractivity contribution >= 4 is 28.3 Å². The Kier molecular flexibility index (Phi) is 7.97. The molecule has 1 atom stereocenters. The number of nitrogens with zero attached hydrogens (tertiary/aromatic N) is 7. The summed E-state index contributed by atoms with van der Waals surface area (Å²) in [5, 5.41) is 25.3. The zero-order chi connectivity index (χ0) is 32.9. The first-order valence-electron chi connectivity index (χ1n) is 16.6. The van der Waals surface area contributed by atoms with Gasteiger partial charge < -0.3 is 9.52 Å². The summed E-state index contributed by atoms with van der Waals surface area (Å²) in [4.78, 5) is 14.4. The van der Waals surface area contributed by atoms with Crippen LogP contribution in [-0.2, 0) is 13.1 Å². The fraction of sp³-hybridized carbons (Fsp3) is 0.316. The van der Waals surface area contributed by atoms with E-state index in [2.05, 4.69) is 47.9 Å². The van der Waals surface area contributed by atoms with E-state index >= 15 is 0 Å². The SMILES string of the molecule is Cc1c(-c2nc3c(Cl)cc(CN4CCC(O)C4)cn3n2)cccc1-c1cccc(-c2nc3cc(CN4CCCC4)cc(C#N)c3o2)c1C. The highest BCUT2D eigenvalue weighted by molar-refractivity contribution is 6.33. The quantitative estimate of drug-likeness (QED) is 0.193. The Hall–Kier alpha value is -4.59. The molecule has 0 radical (unpaired) electrons. The van der Waals surface area contributed by atoms with E-state index in [-0.39, 0.29) is 6.10 Å². The van der Waals surface area contributed by atoms with Crippen LogP contribution in [0.5, 0.6) is 0 Å². The lowest BCUT2D eigenvalue weighted by Crippen LogP contribution is -2.21. The predicted molar refractivity (Wildman–Crippen MR) is 186 cm³/mol. The van der Waals surface area contributed by atoms with E-state index < -0.39 is 0 Å². The number of oxazole rings is 1. The number of β-amino-alcohol motifs (C(OH)–C–C–N with tert-alkyl or cyclic N) is 1. The highest BCUT2D eigenvalue weighted by Crippen LogP contribution is 2.38. The summed E-state index contributed by atoms with van der Waals surface area (Å²) in [6, 6.07) is 20.6. The maximum atomic E-state index is 9.96. The molecule has 1 unspecified atom stereocenters. The van der Waals surface area contributed by atoms with Crippen LogP contribution in [0.2, 0.25) is 5.02 Å². The Labute approximate surface area is 284 Å². The van der Waals surface area contributed by atoms with E-state index in [1.165, 1.54) is 12.8 Å². The maximum Gasteiger partial charge on any atom is 0.227 e. The van der Waals surface area contributed by atoms with Crippen molar-refractivity contribution in [3.63, 3.8) is 0 Å². The number of aliphatic hydroxyl groups is 1. The Balaban J connectivity index is 1.13. The molecule has 5 heterocycles. The van der Waals surface area contributed by atoms with E-state index in [0.29, 0.717) is 52.1 Å². The Morgan fingerprint density at radius 1 is 0.896 bits per heavy atom. The third-order valence-electron chi connectivity index (χ3n) is 9.80. The monoisotopic (exact) mass is 657 g/mol. The molecule has 0 saturated carbocycles. The molecule has 2 aliphatic rings. The largest absolute Gasteiger partial charge is 0.435 e. The minimum Gasteiger partial charge on any atom is -0.435 e. The molecule has 8 rings (SSSR count). The number of aromatic nitrogens is 4. The number of likely N-dealkylation sites (tertiary alicyclic amines) is 2. The topological polar surface area (TPSA) is 107 Å². The summed E-state index contributed by atoms with van der Waals surface area (Å²) in [7, 11) is 0. The predicted octanol–water partition coefficient (Wildman–Crippen LogP) is 7.18. The Morgan fingerprint density at radius 2 is 1.60 bits per heavy atom. The van der Waals surface area contributed by atoms with Crippen LogP contribution in [0.15, 0.2) is 65.2 Å². The fourth-order valence-electron chi connectivity index (χ4n) is 7.32. The van der Waals surface area contributed by atoms with E-state index in [4.69, 9.17) is 31.1 Å². The van der Waals surface area contributed by atoms with E-state index in [1.807, 2.05) is 42.6 Å². The van der Waals surface area contributed by atoms with Gasteiger partial charge in [-0.3, -0.25) is 9.80 Å². The van der Waals surface area contributed by atoms with Crippen LogP contribution in [0, 0.1) is 25.2 Å². The van der Waals surface area contributed by atoms with Gasteiger partial charge in [-0.25, -0.2) is 14.5 Å².